The second kappa shape index (κ2) is 8.98. The van der Waals surface area contributed by atoms with Gasteiger partial charge in [0.25, 0.3) is 5.91 Å². The molecule has 1 N–H and O–H groups in total. The molecule has 1 aliphatic heterocycles. The van der Waals surface area contributed by atoms with E-state index in [0.717, 1.165) is 47.7 Å². The van der Waals surface area contributed by atoms with Crippen LogP contribution in [-0.2, 0) is 11.3 Å². The molecule has 4 rings (SSSR count). The van der Waals surface area contributed by atoms with E-state index in [4.69, 9.17) is 9.72 Å². The van der Waals surface area contributed by atoms with Crippen LogP contribution >= 0.6 is 11.3 Å². The first-order valence-electron chi connectivity index (χ1n) is 9.94. The summed E-state index contributed by atoms with van der Waals surface area (Å²) < 4.78 is 5.05. The maximum absolute atomic E-state index is 12.8. The predicted molar refractivity (Wildman–Crippen MR) is 115 cm³/mol. The van der Waals surface area contributed by atoms with Gasteiger partial charge in [-0.1, -0.05) is 18.2 Å². The van der Waals surface area contributed by atoms with Crippen LogP contribution in [0.2, 0.25) is 0 Å². The van der Waals surface area contributed by atoms with E-state index in [9.17, 15) is 4.79 Å². The van der Waals surface area contributed by atoms with Crippen molar-refractivity contribution in [3.63, 3.8) is 0 Å². The lowest BCUT2D eigenvalue weighted by Crippen LogP contribution is -2.27. The van der Waals surface area contributed by atoms with Crippen LogP contribution in [0.3, 0.4) is 0 Å². The van der Waals surface area contributed by atoms with Crippen molar-refractivity contribution in [2.24, 2.45) is 0 Å². The lowest BCUT2D eigenvalue weighted by molar-refractivity contribution is 0.0938. The maximum atomic E-state index is 12.8. The number of aromatic nitrogens is 2. The van der Waals surface area contributed by atoms with Crippen molar-refractivity contribution in [3.8, 4) is 0 Å². The topological polar surface area (TPSA) is 67.3 Å². The number of methoxy groups -OCH3 is 1. The van der Waals surface area contributed by atoms with Crippen LogP contribution < -0.4 is 5.32 Å². The summed E-state index contributed by atoms with van der Waals surface area (Å²) >= 11 is 1.76. The van der Waals surface area contributed by atoms with Gasteiger partial charge in [0, 0.05) is 54.8 Å². The number of hydrogen-bond donors (Lipinski definition) is 1. The smallest absolute Gasteiger partial charge is 0.252 e. The summed E-state index contributed by atoms with van der Waals surface area (Å²) in [6.07, 6.45) is 3.03. The van der Waals surface area contributed by atoms with Crippen molar-refractivity contribution in [2.45, 2.75) is 25.8 Å². The Morgan fingerprint density at radius 2 is 2.24 bits per heavy atom. The van der Waals surface area contributed by atoms with Crippen LogP contribution in [0.15, 0.2) is 36.5 Å². The Labute approximate surface area is 174 Å². The number of pyridine rings is 1. The quantitative estimate of drug-likeness (QED) is 0.605. The second-order valence-corrected chi connectivity index (χ2v) is 8.75. The number of carbonyl (C=O) groups is 1. The maximum Gasteiger partial charge on any atom is 0.252 e. The molecule has 1 saturated heterocycles. The Bertz CT molecular complexity index is 1000. The Balaban J connectivity index is 1.55. The van der Waals surface area contributed by atoms with Gasteiger partial charge >= 0.3 is 0 Å². The molecule has 152 valence electrons. The van der Waals surface area contributed by atoms with E-state index in [1.807, 2.05) is 43.5 Å². The monoisotopic (exact) mass is 410 g/mol. The van der Waals surface area contributed by atoms with Crippen molar-refractivity contribution < 1.29 is 9.53 Å². The number of aryl methyl sites for hydroxylation is 1. The van der Waals surface area contributed by atoms with Crippen molar-refractivity contribution in [1.82, 2.24) is 20.2 Å². The van der Waals surface area contributed by atoms with Gasteiger partial charge in [0.05, 0.1) is 22.7 Å². The van der Waals surface area contributed by atoms with Gasteiger partial charge in [-0.2, -0.15) is 0 Å². The number of carbonyl (C=O) groups excluding carboxylic acids is 1. The Morgan fingerprint density at radius 3 is 3.03 bits per heavy atom. The summed E-state index contributed by atoms with van der Waals surface area (Å²) in [5.41, 5.74) is 2.57. The zero-order valence-corrected chi connectivity index (χ0v) is 17.7. The third kappa shape index (κ3) is 4.63. The van der Waals surface area contributed by atoms with Gasteiger partial charge in [0.2, 0.25) is 0 Å². The molecule has 0 spiro atoms. The zero-order chi connectivity index (χ0) is 20.2. The summed E-state index contributed by atoms with van der Waals surface area (Å²) in [4.78, 5) is 25.8. The average molecular weight is 411 g/mol. The fourth-order valence-electron chi connectivity index (χ4n) is 3.87. The highest BCUT2D eigenvalue weighted by atomic mass is 32.1. The minimum atomic E-state index is -0.0723. The molecule has 3 aromatic rings. The average Bonchev–Trinajstić information content (AvgIpc) is 3.36. The third-order valence-electron chi connectivity index (χ3n) is 5.31. The van der Waals surface area contributed by atoms with Crippen molar-refractivity contribution in [3.05, 3.63) is 57.7 Å². The molecule has 0 bridgehead atoms. The van der Waals surface area contributed by atoms with Gasteiger partial charge in [0.1, 0.15) is 0 Å². The molecule has 3 heterocycles. The fraction of sp³-hybridized carbons (Fsp3) is 0.409. The van der Waals surface area contributed by atoms with Crippen LogP contribution in [0.4, 0.5) is 0 Å². The van der Waals surface area contributed by atoms with Crippen LogP contribution in [0.5, 0.6) is 0 Å². The van der Waals surface area contributed by atoms with E-state index < -0.39 is 0 Å². The van der Waals surface area contributed by atoms with Gasteiger partial charge in [-0.25, -0.2) is 4.98 Å². The molecule has 0 saturated carbocycles. The Kier molecular flexibility index (Phi) is 6.18. The van der Waals surface area contributed by atoms with Gasteiger partial charge < -0.3 is 10.1 Å². The highest BCUT2D eigenvalue weighted by molar-refractivity contribution is 7.11. The van der Waals surface area contributed by atoms with Gasteiger partial charge in [0.15, 0.2) is 0 Å². The molecule has 1 amide bonds. The normalized spacial score (nSPS) is 17.1. The van der Waals surface area contributed by atoms with Gasteiger partial charge in [-0.3, -0.25) is 14.7 Å². The Morgan fingerprint density at radius 1 is 1.38 bits per heavy atom. The van der Waals surface area contributed by atoms with Crippen LogP contribution in [-0.4, -0.2) is 54.1 Å². The molecule has 0 radical (unpaired) electrons. The molecule has 1 fully saturated rings. The predicted octanol–water partition coefficient (Wildman–Crippen LogP) is 3.37. The number of thiazole rings is 1. The molecule has 2 aromatic heterocycles. The lowest BCUT2D eigenvalue weighted by Gasteiger charge is -2.16. The van der Waals surface area contributed by atoms with E-state index in [2.05, 4.69) is 15.2 Å². The van der Waals surface area contributed by atoms with E-state index in [1.165, 1.54) is 4.88 Å². The first-order chi connectivity index (χ1) is 14.1. The fourth-order valence-corrected chi connectivity index (χ4v) is 4.71. The molecular formula is C22H26N4O2S. The minimum Gasteiger partial charge on any atom is -0.383 e. The van der Waals surface area contributed by atoms with Crippen LogP contribution in [0, 0.1) is 6.92 Å². The first-order valence-corrected chi connectivity index (χ1v) is 10.8. The first kappa shape index (κ1) is 19.9. The standard InChI is InChI=1S/C22H26N4O2S/c1-15-24-12-17(29-15)14-26-9-7-16(13-26)21-11-19(22(27)23-8-10-28-2)18-5-3-4-6-20(18)25-21/h3-6,11-12,16H,7-10,13-14H2,1-2H3,(H,23,27)/t16-/m1/s1. The number of nitrogens with zero attached hydrogens (tertiary/aromatic N) is 3. The van der Waals surface area contributed by atoms with Crippen molar-refractivity contribution in [1.29, 1.82) is 0 Å². The number of ether oxygens (including phenoxy) is 1. The summed E-state index contributed by atoms with van der Waals surface area (Å²) in [6.45, 7) is 5.95. The van der Waals surface area contributed by atoms with Gasteiger partial charge in [-0.05, 0) is 32.0 Å². The second-order valence-electron chi connectivity index (χ2n) is 7.43. The summed E-state index contributed by atoms with van der Waals surface area (Å²) in [5, 5.41) is 4.94. The molecule has 0 unspecified atom stereocenters. The SMILES string of the molecule is COCCNC(=O)c1cc([C@@H]2CCN(Cc3cnc(C)s3)C2)nc2ccccc12. The number of nitrogens with one attached hydrogen (secondary N) is 1. The molecule has 1 atom stereocenters. The van der Waals surface area contributed by atoms with Crippen LogP contribution in [0.25, 0.3) is 10.9 Å². The zero-order valence-electron chi connectivity index (χ0n) is 16.9. The molecule has 1 aromatic carbocycles. The van der Waals surface area contributed by atoms with E-state index >= 15 is 0 Å². The summed E-state index contributed by atoms with van der Waals surface area (Å²) in [6, 6.07) is 9.85. The number of rotatable bonds is 7. The minimum absolute atomic E-state index is 0.0723. The molecule has 0 aliphatic carbocycles. The number of amides is 1. The molecule has 29 heavy (non-hydrogen) atoms. The largest absolute Gasteiger partial charge is 0.383 e. The van der Waals surface area contributed by atoms with E-state index in [1.54, 1.807) is 18.4 Å². The van der Waals surface area contributed by atoms with E-state index in [0.29, 0.717) is 24.6 Å². The number of para-hydroxylation sites is 1. The van der Waals surface area contributed by atoms with Crippen LogP contribution in [0.1, 0.15) is 38.3 Å². The summed E-state index contributed by atoms with van der Waals surface area (Å²) in [5.74, 6) is 0.260. The highest BCUT2D eigenvalue weighted by Gasteiger charge is 2.27. The molecule has 6 nitrogen and oxygen atoms in total. The number of hydrogen-bond acceptors (Lipinski definition) is 6. The molecular weight excluding hydrogens is 384 g/mol. The Hall–Kier alpha value is -2.35. The molecule has 1 aliphatic rings. The number of fused-ring (bicyclic) bond motifs is 1. The lowest BCUT2D eigenvalue weighted by atomic mass is 9.99. The summed E-state index contributed by atoms with van der Waals surface area (Å²) in [7, 11) is 1.63. The van der Waals surface area contributed by atoms with E-state index in [-0.39, 0.29) is 5.91 Å². The highest BCUT2D eigenvalue weighted by Crippen LogP contribution is 2.30. The van der Waals surface area contributed by atoms with Crippen molar-refractivity contribution >= 4 is 28.1 Å². The van der Waals surface area contributed by atoms with Crippen molar-refractivity contribution in [2.75, 3.05) is 33.4 Å². The van der Waals surface area contributed by atoms with Gasteiger partial charge in [-0.15, -0.1) is 11.3 Å². The number of likely N-dealkylation sites (tertiary alicyclic amines) is 1. The number of benzene rings is 1. The third-order valence-corrected chi connectivity index (χ3v) is 6.21. The molecule has 7 heteroatoms.